The molecule has 37 heavy (non-hydrogen) atoms. The van der Waals surface area contributed by atoms with E-state index in [1.807, 2.05) is 11.3 Å². The maximum absolute atomic E-state index is 4.57. The van der Waals surface area contributed by atoms with E-state index in [0.717, 1.165) is 36.5 Å². The number of thiophene rings is 1. The molecular weight excluding hydrogens is 464 g/mol. The van der Waals surface area contributed by atoms with Crippen LogP contribution in [0, 0.1) is 0 Å². The second-order valence-corrected chi connectivity index (χ2v) is 11.1. The molecule has 1 heterocycles. The zero-order chi connectivity index (χ0) is 24.9. The number of allylic oxidation sites excluding steroid dienone is 6. The summed E-state index contributed by atoms with van der Waals surface area (Å²) in [5.74, 6) is 0. The van der Waals surface area contributed by atoms with E-state index < -0.39 is 0 Å². The maximum Gasteiger partial charge on any atom is 0.0433 e. The highest BCUT2D eigenvalue weighted by Gasteiger charge is 2.15. The SMILES string of the molecule is C=C(/C=c1\c(=C)c2c(c3ccccc13)C=CCC2)C1=CC(c2cccc3c2sc2ccccc23)=CCC1. The van der Waals surface area contributed by atoms with Crippen LogP contribution in [0.25, 0.3) is 55.2 Å². The number of hydrogen-bond acceptors (Lipinski definition) is 1. The smallest absolute Gasteiger partial charge is 0.0433 e. The summed E-state index contributed by atoms with van der Waals surface area (Å²) in [4.78, 5) is 0. The molecule has 178 valence electrons. The van der Waals surface area contributed by atoms with Gasteiger partial charge in [-0.15, -0.1) is 11.3 Å². The fourth-order valence-corrected chi connectivity index (χ4v) is 7.30. The molecule has 2 aliphatic rings. The van der Waals surface area contributed by atoms with Gasteiger partial charge in [-0.1, -0.05) is 98.1 Å². The minimum absolute atomic E-state index is 1.01. The van der Waals surface area contributed by atoms with Gasteiger partial charge >= 0.3 is 0 Å². The van der Waals surface area contributed by atoms with Crippen molar-refractivity contribution in [2.45, 2.75) is 25.7 Å². The van der Waals surface area contributed by atoms with E-state index in [2.05, 4.69) is 110 Å². The Morgan fingerprint density at radius 2 is 1.59 bits per heavy atom. The van der Waals surface area contributed by atoms with E-state index in [1.54, 1.807) is 0 Å². The van der Waals surface area contributed by atoms with Crippen LogP contribution in [-0.4, -0.2) is 0 Å². The van der Waals surface area contributed by atoms with Crippen LogP contribution in [0.2, 0.25) is 0 Å². The van der Waals surface area contributed by atoms with Gasteiger partial charge in [0.2, 0.25) is 0 Å². The normalized spacial score (nSPS) is 15.7. The number of benzene rings is 4. The Morgan fingerprint density at radius 1 is 0.811 bits per heavy atom. The van der Waals surface area contributed by atoms with E-state index in [4.69, 9.17) is 0 Å². The van der Waals surface area contributed by atoms with E-state index in [-0.39, 0.29) is 0 Å². The van der Waals surface area contributed by atoms with Crippen molar-refractivity contribution < 1.29 is 0 Å². The molecule has 0 atom stereocenters. The first-order chi connectivity index (χ1) is 18.2. The van der Waals surface area contributed by atoms with E-state index in [0.29, 0.717) is 0 Å². The van der Waals surface area contributed by atoms with Crippen LogP contribution in [0.15, 0.2) is 103 Å². The predicted molar refractivity (Wildman–Crippen MR) is 164 cm³/mol. The highest BCUT2D eigenvalue weighted by atomic mass is 32.1. The molecule has 7 rings (SSSR count). The third-order valence-corrected chi connectivity index (χ3v) is 9.14. The van der Waals surface area contributed by atoms with Crippen LogP contribution in [0.5, 0.6) is 0 Å². The molecule has 0 unspecified atom stereocenters. The third kappa shape index (κ3) is 3.65. The average molecular weight is 493 g/mol. The van der Waals surface area contributed by atoms with Crippen molar-refractivity contribution in [3.05, 3.63) is 130 Å². The molecule has 0 spiro atoms. The second-order valence-electron chi connectivity index (χ2n) is 10.1. The molecule has 0 bridgehead atoms. The Hall–Kier alpha value is -3.94. The van der Waals surface area contributed by atoms with Crippen molar-refractivity contribution in [3.63, 3.8) is 0 Å². The molecule has 0 N–H and O–H groups in total. The number of rotatable bonds is 3. The van der Waals surface area contributed by atoms with Gasteiger partial charge < -0.3 is 0 Å². The monoisotopic (exact) mass is 492 g/mol. The molecule has 0 nitrogen and oxygen atoms in total. The topological polar surface area (TPSA) is 0 Å². The van der Waals surface area contributed by atoms with E-state index in [9.17, 15) is 0 Å². The summed E-state index contributed by atoms with van der Waals surface area (Å²) in [7, 11) is 0. The van der Waals surface area contributed by atoms with Crippen molar-refractivity contribution in [3.8, 4) is 0 Å². The lowest BCUT2D eigenvalue weighted by molar-refractivity contribution is 0.977. The molecule has 0 aliphatic heterocycles. The van der Waals surface area contributed by atoms with Crippen molar-refractivity contribution in [2.75, 3.05) is 0 Å². The highest BCUT2D eigenvalue weighted by Crippen LogP contribution is 2.40. The fourth-order valence-electron chi connectivity index (χ4n) is 6.06. The summed E-state index contributed by atoms with van der Waals surface area (Å²) in [6.07, 6.45) is 15.8. The summed E-state index contributed by atoms with van der Waals surface area (Å²) in [5.41, 5.74) is 7.77. The van der Waals surface area contributed by atoms with Gasteiger partial charge in [0.25, 0.3) is 0 Å². The molecule has 0 fully saturated rings. The molecule has 0 amide bonds. The first kappa shape index (κ1) is 22.3. The van der Waals surface area contributed by atoms with E-state index >= 15 is 0 Å². The molecule has 0 radical (unpaired) electrons. The van der Waals surface area contributed by atoms with Crippen LogP contribution in [0.3, 0.4) is 0 Å². The van der Waals surface area contributed by atoms with Crippen molar-refractivity contribution in [1.29, 1.82) is 0 Å². The molecular formula is C36H28S. The predicted octanol–water partition coefficient (Wildman–Crippen LogP) is 8.72. The summed E-state index contributed by atoms with van der Waals surface area (Å²) in [5, 5.41) is 7.65. The Labute approximate surface area is 221 Å². The van der Waals surface area contributed by atoms with Crippen LogP contribution >= 0.6 is 11.3 Å². The Balaban J connectivity index is 1.35. The van der Waals surface area contributed by atoms with Crippen LogP contribution in [0.4, 0.5) is 0 Å². The third-order valence-electron chi connectivity index (χ3n) is 7.92. The molecule has 1 heteroatoms. The van der Waals surface area contributed by atoms with Crippen LogP contribution in [0.1, 0.15) is 36.0 Å². The molecule has 4 aromatic carbocycles. The van der Waals surface area contributed by atoms with Gasteiger partial charge in [-0.05, 0) is 92.4 Å². The fraction of sp³-hybridized carbons (Fsp3) is 0.111. The first-order valence-corrected chi connectivity index (χ1v) is 13.9. The first-order valence-electron chi connectivity index (χ1n) is 13.1. The second kappa shape index (κ2) is 8.87. The molecule has 2 aliphatic carbocycles. The maximum atomic E-state index is 4.57. The number of hydrogen-bond donors (Lipinski definition) is 0. The highest BCUT2D eigenvalue weighted by molar-refractivity contribution is 7.26. The Kier molecular flexibility index (Phi) is 5.34. The molecule has 5 aromatic rings. The van der Waals surface area contributed by atoms with Gasteiger partial charge in [0.1, 0.15) is 0 Å². The summed E-state index contributed by atoms with van der Waals surface area (Å²) >= 11 is 1.90. The lowest BCUT2D eigenvalue weighted by Gasteiger charge is -2.17. The van der Waals surface area contributed by atoms with Crippen molar-refractivity contribution in [1.82, 2.24) is 0 Å². The number of fused-ring (bicyclic) bond motifs is 6. The van der Waals surface area contributed by atoms with Crippen molar-refractivity contribution >= 4 is 66.6 Å². The van der Waals surface area contributed by atoms with Gasteiger partial charge in [-0.2, -0.15) is 0 Å². The summed E-state index contributed by atoms with van der Waals surface area (Å²) in [6, 6.07) is 24.2. The van der Waals surface area contributed by atoms with Gasteiger partial charge in [0, 0.05) is 20.2 Å². The average Bonchev–Trinajstić information content (AvgIpc) is 3.34. The summed E-state index contributed by atoms with van der Waals surface area (Å²) in [6.45, 7) is 9.13. The van der Waals surface area contributed by atoms with Gasteiger partial charge in [0.05, 0.1) is 0 Å². The Morgan fingerprint density at radius 3 is 2.49 bits per heavy atom. The largest absolute Gasteiger partial charge is 0.135 e. The van der Waals surface area contributed by atoms with Crippen molar-refractivity contribution in [2.24, 2.45) is 0 Å². The molecule has 0 saturated heterocycles. The minimum atomic E-state index is 1.01. The zero-order valence-corrected chi connectivity index (χ0v) is 21.7. The standard InChI is InChI=1S/C36H28S/c1-23(21-34-24(2)27-13-3-4-14-29(27)30-15-5-6-16-31(30)34)25-11-9-12-26(22-25)28-18-10-19-33-32-17-7-8-20-35(32)37-36(28)33/h4-8,10,12,14-22H,1-3,9,11,13H2/b34-21+. The van der Waals surface area contributed by atoms with Crippen LogP contribution in [-0.2, 0) is 6.42 Å². The van der Waals surface area contributed by atoms with Gasteiger partial charge in [0.15, 0.2) is 0 Å². The van der Waals surface area contributed by atoms with Gasteiger partial charge in [-0.3, -0.25) is 0 Å². The summed E-state index contributed by atoms with van der Waals surface area (Å²) < 4.78 is 2.72. The minimum Gasteiger partial charge on any atom is -0.135 e. The van der Waals surface area contributed by atoms with Crippen LogP contribution < -0.4 is 10.4 Å². The quantitative estimate of drug-likeness (QED) is 0.236. The molecule has 1 aromatic heterocycles. The molecule has 0 saturated carbocycles. The van der Waals surface area contributed by atoms with Gasteiger partial charge in [-0.25, -0.2) is 0 Å². The van der Waals surface area contributed by atoms with E-state index in [1.165, 1.54) is 64.0 Å². The Bertz CT molecular complexity index is 1960. The zero-order valence-electron chi connectivity index (χ0n) is 20.9. The lowest BCUT2D eigenvalue weighted by Crippen LogP contribution is -2.30. The lowest BCUT2D eigenvalue weighted by atomic mass is 9.87.